The van der Waals surface area contributed by atoms with Crippen LogP contribution < -0.4 is 10.1 Å². The van der Waals surface area contributed by atoms with Gasteiger partial charge in [0.15, 0.2) is 5.96 Å². The Morgan fingerprint density at radius 2 is 2.04 bits per heavy atom. The Kier molecular flexibility index (Phi) is 8.53. The fourth-order valence-electron chi connectivity index (χ4n) is 2.36. The van der Waals surface area contributed by atoms with Crippen molar-refractivity contribution in [2.75, 3.05) is 21.2 Å². The van der Waals surface area contributed by atoms with Gasteiger partial charge >= 0.3 is 0 Å². The molecule has 24 heavy (non-hydrogen) atoms. The summed E-state index contributed by atoms with van der Waals surface area (Å²) >= 11 is 0. The first kappa shape index (κ1) is 20.2. The molecular formula is C18H25IN4O. The zero-order valence-corrected chi connectivity index (χ0v) is 16.9. The maximum atomic E-state index is 5.15. The van der Waals surface area contributed by atoms with Gasteiger partial charge in [-0.1, -0.05) is 24.3 Å². The van der Waals surface area contributed by atoms with Gasteiger partial charge in [0.1, 0.15) is 0 Å². The molecule has 0 aliphatic carbocycles. The Balaban J connectivity index is 0.00000288. The molecule has 0 aliphatic heterocycles. The van der Waals surface area contributed by atoms with Crippen molar-refractivity contribution in [3.8, 4) is 5.88 Å². The molecule has 6 heteroatoms. The van der Waals surface area contributed by atoms with E-state index >= 15 is 0 Å². The number of benzene rings is 1. The summed E-state index contributed by atoms with van der Waals surface area (Å²) in [5, 5.41) is 3.37. The van der Waals surface area contributed by atoms with Gasteiger partial charge in [-0.2, -0.15) is 0 Å². The maximum absolute atomic E-state index is 5.15. The van der Waals surface area contributed by atoms with Crippen LogP contribution in [-0.2, 0) is 13.1 Å². The number of guanidine groups is 1. The van der Waals surface area contributed by atoms with Crippen LogP contribution in [0.4, 0.5) is 0 Å². The first-order valence-electron chi connectivity index (χ1n) is 7.59. The average molecular weight is 440 g/mol. The number of pyridine rings is 1. The summed E-state index contributed by atoms with van der Waals surface area (Å²) in [5.74, 6) is 1.47. The normalized spacial score (nSPS) is 10.8. The summed E-state index contributed by atoms with van der Waals surface area (Å²) in [6.45, 7) is 3.61. The van der Waals surface area contributed by atoms with E-state index in [0.29, 0.717) is 12.4 Å². The number of rotatable bonds is 5. The zero-order chi connectivity index (χ0) is 16.7. The van der Waals surface area contributed by atoms with Crippen LogP contribution in [0.3, 0.4) is 0 Å². The molecule has 2 aromatic rings. The van der Waals surface area contributed by atoms with E-state index in [1.54, 1.807) is 20.4 Å². The van der Waals surface area contributed by atoms with E-state index < -0.39 is 0 Å². The molecule has 0 radical (unpaired) electrons. The Labute approximate surface area is 161 Å². The fourth-order valence-corrected chi connectivity index (χ4v) is 2.36. The highest BCUT2D eigenvalue weighted by Crippen LogP contribution is 2.10. The molecule has 0 atom stereocenters. The van der Waals surface area contributed by atoms with E-state index in [1.165, 1.54) is 11.1 Å². The predicted molar refractivity (Wildman–Crippen MR) is 109 cm³/mol. The first-order chi connectivity index (χ1) is 11.1. The molecule has 130 valence electrons. The molecule has 1 aromatic heterocycles. The summed E-state index contributed by atoms with van der Waals surface area (Å²) in [6.07, 6.45) is 1.75. The van der Waals surface area contributed by atoms with E-state index in [1.807, 2.05) is 19.2 Å². The third kappa shape index (κ3) is 5.67. The lowest BCUT2D eigenvalue weighted by Crippen LogP contribution is -2.38. The molecule has 1 N–H and O–H groups in total. The fraction of sp³-hybridized carbons (Fsp3) is 0.333. The molecular weight excluding hydrogens is 415 g/mol. The van der Waals surface area contributed by atoms with Crippen LogP contribution in [0, 0.1) is 6.92 Å². The van der Waals surface area contributed by atoms with Crippen molar-refractivity contribution in [2.24, 2.45) is 4.99 Å². The average Bonchev–Trinajstić information content (AvgIpc) is 2.57. The standard InChI is InChI=1S/C18H24N4O.HI/c1-14-7-5-6-8-16(14)13-22(3)18(19-2)21-12-15-9-10-20-17(11-15)23-4;/h5-11H,12-13H2,1-4H3,(H,19,21);1H. The molecule has 2 rings (SSSR count). The lowest BCUT2D eigenvalue weighted by atomic mass is 10.1. The van der Waals surface area contributed by atoms with Crippen molar-refractivity contribution < 1.29 is 4.74 Å². The van der Waals surface area contributed by atoms with Gasteiger partial charge in [0.05, 0.1) is 7.11 Å². The summed E-state index contributed by atoms with van der Waals surface area (Å²) in [4.78, 5) is 10.6. The van der Waals surface area contributed by atoms with Gasteiger partial charge in [0, 0.05) is 39.4 Å². The van der Waals surface area contributed by atoms with Gasteiger partial charge in [-0.25, -0.2) is 4.98 Å². The van der Waals surface area contributed by atoms with Crippen LogP contribution in [0.25, 0.3) is 0 Å². The Morgan fingerprint density at radius 1 is 1.29 bits per heavy atom. The molecule has 0 spiro atoms. The highest BCUT2D eigenvalue weighted by Gasteiger charge is 2.08. The third-order valence-electron chi connectivity index (χ3n) is 3.70. The zero-order valence-electron chi connectivity index (χ0n) is 14.6. The highest BCUT2D eigenvalue weighted by atomic mass is 127. The van der Waals surface area contributed by atoms with Crippen molar-refractivity contribution >= 4 is 29.9 Å². The maximum Gasteiger partial charge on any atom is 0.213 e. The molecule has 0 aliphatic rings. The number of aryl methyl sites for hydroxylation is 1. The van der Waals surface area contributed by atoms with Crippen LogP contribution in [0.5, 0.6) is 5.88 Å². The Bertz CT molecular complexity index is 676. The number of aromatic nitrogens is 1. The number of halogens is 1. The van der Waals surface area contributed by atoms with Gasteiger partial charge < -0.3 is 15.0 Å². The second kappa shape index (κ2) is 10.1. The van der Waals surface area contributed by atoms with Crippen molar-refractivity contribution in [3.05, 3.63) is 59.3 Å². The number of hydrogen-bond acceptors (Lipinski definition) is 3. The molecule has 1 aromatic carbocycles. The van der Waals surface area contributed by atoms with Crippen molar-refractivity contribution in [2.45, 2.75) is 20.0 Å². The van der Waals surface area contributed by atoms with E-state index in [-0.39, 0.29) is 24.0 Å². The second-order valence-electron chi connectivity index (χ2n) is 5.39. The van der Waals surface area contributed by atoms with Crippen LogP contribution in [0.15, 0.2) is 47.6 Å². The minimum absolute atomic E-state index is 0. The van der Waals surface area contributed by atoms with E-state index in [2.05, 4.69) is 51.4 Å². The topological polar surface area (TPSA) is 49.8 Å². The smallest absolute Gasteiger partial charge is 0.213 e. The summed E-state index contributed by atoms with van der Waals surface area (Å²) in [5.41, 5.74) is 3.68. The molecule has 0 saturated heterocycles. The molecule has 1 heterocycles. The van der Waals surface area contributed by atoms with Gasteiger partial charge in [-0.05, 0) is 29.7 Å². The molecule has 0 saturated carbocycles. The SMILES string of the molecule is CN=C(NCc1ccnc(OC)c1)N(C)Cc1ccccc1C.I. The monoisotopic (exact) mass is 440 g/mol. The van der Waals surface area contributed by atoms with Gasteiger partial charge in [-0.15, -0.1) is 24.0 Å². The van der Waals surface area contributed by atoms with E-state index in [4.69, 9.17) is 4.74 Å². The van der Waals surface area contributed by atoms with Crippen LogP contribution >= 0.6 is 24.0 Å². The molecule has 5 nitrogen and oxygen atoms in total. The van der Waals surface area contributed by atoms with Crippen LogP contribution in [-0.4, -0.2) is 37.0 Å². The largest absolute Gasteiger partial charge is 0.481 e. The van der Waals surface area contributed by atoms with Crippen molar-refractivity contribution in [1.82, 2.24) is 15.2 Å². The summed E-state index contributed by atoms with van der Waals surface area (Å²) in [7, 11) is 5.45. The predicted octanol–water partition coefficient (Wildman–Crippen LogP) is 3.22. The van der Waals surface area contributed by atoms with Gasteiger partial charge in [0.25, 0.3) is 0 Å². The number of methoxy groups -OCH3 is 1. The van der Waals surface area contributed by atoms with Crippen molar-refractivity contribution in [3.63, 3.8) is 0 Å². The van der Waals surface area contributed by atoms with Crippen molar-refractivity contribution in [1.29, 1.82) is 0 Å². The number of nitrogens with zero attached hydrogens (tertiary/aromatic N) is 3. The van der Waals surface area contributed by atoms with E-state index in [9.17, 15) is 0 Å². The minimum atomic E-state index is 0. The number of ether oxygens (including phenoxy) is 1. The van der Waals surface area contributed by atoms with E-state index in [0.717, 1.165) is 18.1 Å². The van der Waals surface area contributed by atoms with Crippen LogP contribution in [0.2, 0.25) is 0 Å². The lowest BCUT2D eigenvalue weighted by Gasteiger charge is -2.23. The number of nitrogens with one attached hydrogen (secondary N) is 1. The third-order valence-corrected chi connectivity index (χ3v) is 3.70. The number of hydrogen-bond donors (Lipinski definition) is 1. The Morgan fingerprint density at radius 3 is 2.71 bits per heavy atom. The van der Waals surface area contributed by atoms with Gasteiger partial charge in [0.2, 0.25) is 5.88 Å². The van der Waals surface area contributed by atoms with Gasteiger partial charge in [-0.3, -0.25) is 4.99 Å². The molecule has 0 amide bonds. The molecule has 0 unspecified atom stereocenters. The second-order valence-corrected chi connectivity index (χ2v) is 5.39. The quantitative estimate of drug-likeness (QED) is 0.441. The molecule has 0 bridgehead atoms. The Hall–Kier alpha value is -1.83. The minimum Gasteiger partial charge on any atom is -0.481 e. The summed E-state index contributed by atoms with van der Waals surface area (Å²) < 4.78 is 5.15. The lowest BCUT2D eigenvalue weighted by molar-refractivity contribution is 0.397. The highest BCUT2D eigenvalue weighted by molar-refractivity contribution is 14.0. The number of aliphatic imine (C=N–C) groups is 1. The molecule has 0 fully saturated rings. The first-order valence-corrected chi connectivity index (χ1v) is 7.59. The summed E-state index contributed by atoms with van der Waals surface area (Å²) in [6, 6.07) is 12.3. The van der Waals surface area contributed by atoms with Crippen LogP contribution in [0.1, 0.15) is 16.7 Å².